The van der Waals surface area contributed by atoms with Crippen LogP contribution in [0.3, 0.4) is 0 Å². The Balaban J connectivity index is 1.66. The number of alkyl halides is 3. The van der Waals surface area contributed by atoms with Crippen LogP contribution in [-0.2, 0) is 0 Å². The van der Waals surface area contributed by atoms with E-state index in [2.05, 4.69) is 21.5 Å². The lowest BCUT2D eigenvalue weighted by molar-refractivity contribution is -0.0881. The third-order valence-electron chi connectivity index (χ3n) is 5.90. The molecule has 2 N–H and O–H groups in total. The Bertz CT molecular complexity index is 1560. The fourth-order valence-electron chi connectivity index (χ4n) is 3.93. The molecule has 202 valence electrons. The number of aromatic amines is 1. The van der Waals surface area contributed by atoms with Crippen LogP contribution >= 0.6 is 11.9 Å². The zero-order chi connectivity index (χ0) is 28.3. The van der Waals surface area contributed by atoms with Gasteiger partial charge in [-0.3, -0.25) is 4.98 Å². The molecule has 1 atom stereocenters. The van der Waals surface area contributed by atoms with Crippen molar-refractivity contribution in [2.24, 2.45) is 0 Å². The number of aromatic nitrogens is 3. The average Bonchev–Trinajstić information content (AvgIpc) is 3.32. The quantitative estimate of drug-likeness (QED) is 0.132. The van der Waals surface area contributed by atoms with Crippen molar-refractivity contribution in [2.75, 3.05) is 11.4 Å². The zero-order valence-electron chi connectivity index (χ0n) is 20.8. The number of anilines is 1. The van der Waals surface area contributed by atoms with Crippen molar-refractivity contribution in [2.45, 2.75) is 19.2 Å². The summed E-state index contributed by atoms with van der Waals surface area (Å²) in [7, 11) is 1.48. The highest BCUT2D eigenvalue weighted by atomic mass is 32.2. The topological polar surface area (TPSA) is 65.0 Å². The van der Waals surface area contributed by atoms with E-state index in [1.165, 1.54) is 29.7 Å². The highest BCUT2D eigenvalue weighted by Crippen LogP contribution is 2.38. The first-order valence-electron chi connectivity index (χ1n) is 11.5. The summed E-state index contributed by atoms with van der Waals surface area (Å²) in [4.78, 5) is 11.7. The standard InChI is InChI=1S/C28H23F5N4OS/c1-4-19(28(31,32)33)8-7-16(2)39-37(3)23-10-9-22(29)24(25(23)30)26(38)21-15-36-27-20(21)12-18(14-35-27)17-6-5-11-34-13-17/h4-15,26,38H,1H2,2-3H3,(H,35,36)/b16-7+,19-8+. The van der Waals surface area contributed by atoms with Gasteiger partial charge >= 0.3 is 6.18 Å². The summed E-state index contributed by atoms with van der Waals surface area (Å²) in [6.07, 6.45) is 2.90. The van der Waals surface area contributed by atoms with E-state index >= 15 is 4.39 Å². The molecule has 39 heavy (non-hydrogen) atoms. The molecule has 0 amide bonds. The fourth-order valence-corrected chi connectivity index (χ4v) is 4.73. The summed E-state index contributed by atoms with van der Waals surface area (Å²) in [6.45, 7) is 4.71. The number of aliphatic hydroxyl groups is 1. The van der Waals surface area contributed by atoms with Gasteiger partial charge in [0.15, 0.2) is 5.82 Å². The Morgan fingerprint density at radius 2 is 1.92 bits per heavy atom. The number of aliphatic hydroxyl groups excluding tert-OH is 1. The van der Waals surface area contributed by atoms with Crippen LogP contribution in [0.1, 0.15) is 24.2 Å². The number of hydrogen-bond donors (Lipinski definition) is 2. The molecule has 1 unspecified atom stereocenters. The van der Waals surface area contributed by atoms with Gasteiger partial charge in [0.25, 0.3) is 0 Å². The molecule has 0 aliphatic carbocycles. The van der Waals surface area contributed by atoms with E-state index in [1.807, 2.05) is 6.07 Å². The smallest absolute Gasteiger partial charge is 0.383 e. The van der Waals surface area contributed by atoms with Crippen LogP contribution < -0.4 is 4.31 Å². The van der Waals surface area contributed by atoms with Gasteiger partial charge in [0.05, 0.1) is 16.8 Å². The molecule has 0 saturated heterocycles. The summed E-state index contributed by atoms with van der Waals surface area (Å²) in [6, 6.07) is 7.57. The van der Waals surface area contributed by atoms with Gasteiger partial charge in [-0.1, -0.05) is 24.8 Å². The van der Waals surface area contributed by atoms with Crippen molar-refractivity contribution < 1.29 is 27.1 Å². The maximum Gasteiger partial charge on any atom is 0.416 e. The van der Waals surface area contributed by atoms with Gasteiger partial charge in [0.1, 0.15) is 17.6 Å². The molecule has 0 fully saturated rings. The normalized spacial score (nSPS) is 13.5. The number of rotatable bonds is 8. The highest BCUT2D eigenvalue weighted by Gasteiger charge is 2.31. The minimum atomic E-state index is -4.56. The second-order valence-electron chi connectivity index (χ2n) is 8.49. The molecule has 11 heteroatoms. The molecule has 0 aliphatic rings. The number of H-pyrrole nitrogens is 1. The second-order valence-corrected chi connectivity index (χ2v) is 9.87. The molecule has 1 aromatic carbocycles. The minimum Gasteiger partial charge on any atom is -0.383 e. The Morgan fingerprint density at radius 3 is 2.59 bits per heavy atom. The summed E-state index contributed by atoms with van der Waals surface area (Å²) >= 11 is 0.938. The van der Waals surface area contributed by atoms with Crippen molar-refractivity contribution in [3.05, 3.63) is 113 Å². The molecule has 0 saturated carbocycles. The van der Waals surface area contributed by atoms with Gasteiger partial charge < -0.3 is 14.4 Å². The summed E-state index contributed by atoms with van der Waals surface area (Å²) in [5, 5.41) is 11.6. The summed E-state index contributed by atoms with van der Waals surface area (Å²) in [5.41, 5.74) is 0.562. The van der Waals surface area contributed by atoms with E-state index in [1.54, 1.807) is 37.6 Å². The van der Waals surface area contributed by atoms with Gasteiger partial charge in [-0.05, 0) is 49.2 Å². The number of fused-ring (bicyclic) bond motifs is 1. The first-order chi connectivity index (χ1) is 18.5. The van der Waals surface area contributed by atoms with Crippen molar-refractivity contribution in [1.82, 2.24) is 15.0 Å². The first-order valence-corrected chi connectivity index (χ1v) is 12.3. The van der Waals surface area contributed by atoms with Gasteiger partial charge in [-0.2, -0.15) is 13.2 Å². The van der Waals surface area contributed by atoms with Crippen LogP contribution in [0.25, 0.3) is 22.2 Å². The predicted molar refractivity (Wildman–Crippen MR) is 144 cm³/mol. The molecule has 0 spiro atoms. The molecule has 0 aliphatic heterocycles. The molecule has 4 rings (SSSR count). The maximum absolute atomic E-state index is 15.7. The lowest BCUT2D eigenvalue weighted by Crippen LogP contribution is -2.13. The van der Waals surface area contributed by atoms with Crippen LogP contribution in [0.15, 0.2) is 90.4 Å². The van der Waals surface area contributed by atoms with E-state index in [9.17, 15) is 22.7 Å². The zero-order valence-corrected chi connectivity index (χ0v) is 21.6. The van der Waals surface area contributed by atoms with Crippen molar-refractivity contribution in [3.63, 3.8) is 0 Å². The Kier molecular flexibility index (Phi) is 8.22. The van der Waals surface area contributed by atoms with Gasteiger partial charge in [0, 0.05) is 58.8 Å². The highest BCUT2D eigenvalue weighted by molar-refractivity contribution is 8.04. The minimum absolute atomic E-state index is 0.0686. The van der Waals surface area contributed by atoms with Crippen molar-refractivity contribution in [3.8, 4) is 11.1 Å². The van der Waals surface area contributed by atoms with Crippen LogP contribution in [0.5, 0.6) is 0 Å². The predicted octanol–water partition coefficient (Wildman–Crippen LogP) is 7.65. The Labute approximate surface area is 225 Å². The van der Waals surface area contributed by atoms with E-state index in [-0.39, 0.29) is 11.3 Å². The molecule has 4 aromatic rings. The third kappa shape index (κ3) is 6.04. The van der Waals surface area contributed by atoms with Crippen molar-refractivity contribution in [1.29, 1.82) is 0 Å². The Morgan fingerprint density at radius 1 is 1.15 bits per heavy atom. The number of hydrogen-bond acceptors (Lipinski definition) is 5. The molecule has 3 heterocycles. The van der Waals surface area contributed by atoms with Gasteiger partial charge in [-0.25, -0.2) is 13.8 Å². The molecule has 3 aromatic heterocycles. The molecule has 0 bridgehead atoms. The van der Waals surface area contributed by atoms with E-state index in [4.69, 9.17) is 0 Å². The van der Waals surface area contributed by atoms with Crippen LogP contribution in [-0.4, -0.2) is 33.3 Å². The molecular formula is C28H23F5N4OS. The van der Waals surface area contributed by atoms with Crippen LogP contribution in [0.4, 0.5) is 27.6 Å². The number of benzene rings is 1. The monoisotopic (exact) mass is 558 g/mol. The van der Waals surface area contributed by atoms with Gasteiger partial charge in [-0.15, -0.1) is 0 Å². The molecular weight excluding hydrogens is 535 g/mol. The lowest BCUT2D eigenvalue weighted by Gasteiger charge is -2.22. The first kappa shape index (κ1) is 28.1. The van der Waals surface area contributed by atoms with Gasteiger partial charge in [0.2, 0.25) is 0 Å². The fraction of sp³-hybridized carbons (Fsp3) is 0.143. The summed E-state index contributed by atoms with van der Waals surface area (Å²) in [5.74, 6) is -1.96. The van der Waals surface area contributed by atoms with Crippen LogP contribution in [0.2, 0.25) is 0 Å². The SMILES string of the molecule is C=C/C(=C\C=C(/C)SN(C)c1ccc(F)c(C(O)c2c[nH]c3ncc(-c4cccnc4)cc23)c1F)C(F)(F)F. The van der Waals surface area contributed by atoms with E-state index < -0.39 is 35.1 Å². The maximum atomic E-state index is 15.7. The molecule has 0 radical (unpaired) electrons. The number of nitrogens with one attached hydrogen (secondary N) is 1. The number of nitrogens with zero attached hydrogens (tertiary/aromatic N) is 3. The molecule has 5 nitrogen and oxygen atoms in total. The number of pyridine rings is 2. The number of halogens is 5. The second kappa shape index (κ2) is 11.4. The van der Waals surface area contributed by atoms with Crippen molar-refractivity contribution >= 4 is 28.7 Å². The average molecular weight is 559 g/mol. The van der Waals surface area contributed by atoms with E-state index in [0.717, 1.165) is 29.7 Å². The third-order valence-corrected chi connectivity index (χ3v) is 6.79. The summed E-state index contributed by atoms with van der Waals surface area (Å²) < 4.78 is 70.7. The Hall–Kier alpha value is -3.96. The van der Waals surface area contributed by atoms with Crippen LogP contribution in [0, 0.1) is 11.6 Å². The van der Waals surface area contributed by atoms with E-state index in [0.29, 0.717) is 27.6 Å². The lowest BCUT2D eigenvalue weighted by atomic mass is 9.98. The largest absolute Gasteiger partial charge is 0.416 e. The number of allylic oxidation sites excluding steroid dienone is 5.